The molecule has 0 fully saturated rings. The van der Waals surface area contributed by atoms with Crippen LogP contribution >= 0.6 is 0 Å². The molecule has 0 aliphatic rings. The van der Waals surface area contributed by atoms with Crippen molar-refractivity contribution < 1.29 is 8.83 Å². The molecule has 10 aromatic rings. The lowest BCUT2D eigenvalue weighted by atomic mass is 10.00. The van der Waals surface area contributed by atoms with Crippen LogP contribution in [0.1, 0.15) is 0 Å². The molecule has 0 amide bonds. The summed E-state index contributed by atoms with van der Waals surface area (Å²) in [7, 11) is 0. The number of hydrogen-bond donors (Lipinski definition) is 0. The van der Waals surface area contributed by atoms with E-state index in [1.807, 2.05) is 30.3 Å². The van der Waals surface area contributed by atoms with Crippen LogP contribution in [0.4, 0.5) is 17.1 Å². The summed E-state index contributed by atoms with van der Waals surface area (Å²) in [5, 5.41) is 3.36. The highest BCUT2D eigenvalue weighted by atomic mass is 16.3. The third-order valence-corrected chi connectivity index (χ3v) is 10.1. The van der Waals surface area contributed by atoms with Crippen LogP contribution in [0.5, 0.6) is 0 Å². The van der Waals surface area contributed by atoms with E-state index in [2.05, 4.69) is 175 Å². The van der Waals surface area contributed by atoms with E-state index in [1.54, 1.807) is 0 Å². The Kier molecular flexibility index (Phi) is 7.47. The molecule has 0 bridgehead atoms. The van der Waals surface area contributed by atoms with E-state index in [9.17, 15) is 0 Å². The summed E-state index contributed by atoms with van der Waals surface area (Å²) in [4.78, 5) is 2.30. The zero-order chi connectivity index (χ0) is 35.1. The van der Waals surface area contributed by atoms with Crippen molar-refractivity contribution in [3.05, 3.63) is 200 Å². The molecule has 8 aromatic carbocycles. The van der Waals surface area contributed by atoms with Crippen LogP contribution in [0.25, 0.3) is 77.6 Å². The number of furan rings is 2. The molecular weight excluding hydrogens is 647 g/mol. The SMILES string of the molecule is c1ccc(-c2ccc(-c3ccc(N(c4ccc(-c5cc6ccccc6o5)cc4)c4ccc(-c5cccc6c5oc5ccccc56)cc4)cc3)cc2)cc1. The Morgan fingerprint density at radius 1 is 0.321 bits per heavy atom. The highest BCUT2D eigenvalue weighted by molar-refractivity contribution is 6.09. The van der Waals surface area contributed by atoms with Gasteiger partial charge in [0, 0.05) is 44.3 Å². The summed E-state index contributed by atoms with van der Waals surface area (Å²) in [6.07, 6.45) is 0. The summed E-state index contributed by atoms with van der Waals surface area (Å²) in [5.74, 6) is 0.857. The molecule has 3 heteroatoms. The zero-order valence-corrected chi connectivity index (χ0v) is 28.8. The average Bonchev–Trinajstić information content (AvgIpc) is 3.85. The topological polar surface area (TPSA) is 29.5 Å². The van der Waals surface area contributed by atoms with Gasteiger partial charge in [0.25, 0.3) is 0 Å². The van der Waals surface area contributed by atoms with Crippen molar-refractivity contribution in [2.24, 2.45) is 0 Å². The van der Waals surface area contributed by atoms with Crippen molar-refractivity contribution in [1.29, 1.82) is 0 Å². The molecule has 3 nitrogen and oxygen atoms in total. The maximum absolute atomic E-state index is 6.38. The fourth-order valence-corrected chi connectivity index (χ4v) is 7.40. The predicted octanol–water partition coefficient (Wildman–Crippen LogP) is 14.5. The Bertz CT molecular complexity index is 2810. The normalized spacial score (nSPS) is 11.4. The van der Waals surface area contributed by atoms with E-state index < -0.39 is 0 Å². The largest absolute Gasteiger partial charge is 0.456 e. The van der Waals surface area contributed by atoms with Crippen LogP contribution in [-0.4, -0.2) is 0 Å². The molecule has 0 aliphatic carbocycles. The van der Waals surface area contributed by atoms with Crippen molar-refractivity contribution in [2.75, 3.05) is 4.90 Å². The Morgan fingerprint density at radius 3 is 1.45 bits per heavy atom. The number of hydrogen-bond acceptors (Lipinski definition) is 3. The van der Waals surface area contributed by atoms with Gasteiger partial charge in [-0.15, -0.1) is 0 Å². The van der Waals surface area contributed by atoms with Gasteiger partial charge in [-0.2, -0.15) is 0 Å². The number of para-hydroxylation sites is 3. The maximum atomic E-state index is 6.38. The highest BCUT2D eigenvalue weighted by Gasteiger charge is 2.16. The minimum absolute atomic E-state index is 0.857. The Hall–Kier alpha value is -7.10. The molecule has 0 radical (unpaired) electrons. The first-order valence-corrected chi connectivity index (χ1v) is 17.9. The van der Waals surface area contributed by atoms with Gasteiger partial charge in [-0.05, 0) is 94.5 Å². The Balaban J connectivity index is 1.01. The summed E-state index contributed by atoms with van der Waals surface area (Å²) in [6, 6.07) is 70.4. The van der Waals surface area contributed by atoms with Crippen molar-refractivity contribution in [1.82, 2.24) is 0 Å². The van der Waals surface area contributed by atoms with Gasteiger partial charge in [-0.3, -0.25) is 0 Å². The van der Waals surface area contributed by atoms with Crippen LogP contribution < -0.4 is 4.90 Å². The Morgan fingerprint density at radius 2 is 0.811 bits per heavy atom. The molecule has 10 rings (SSSR count). The molecule has 2 heterocycles. The average molecular weight is 680 g/mol. The van der Waals surface area contributed by atoms with Gasteiger partial charge in [0.2, 0.25) is 0 Å². The summed E-state index contributed by atoms with van der Waals surface area (Å²) < 4.78 is 12.6. The number of nitrogens with zero attached hydrogens (tertiary/aromatic N) is 1. The first kappa shape index (κ1) is 30.7. The van der Waals surface area contributed by atoms with E-state index in [-0.39, 0.29) is 0 Å². The molecule has 0 saturated carbocycles. The second-order valence-corrected chi connectivity index (χ2v) is 13.3. The molecule has 0 spiro atoms. The van der Waals surface area contributed by atoms with E-state index in [4.69, 9.17) is 8.83 Å². The van der Waals surface area contributed by atoms with E-state index in [0.29, 0.717) is 0 Å². The van der Waals surface area contributed by atoms with Gasteiger partial charge in [0.1, 0.15) is 22.5 Å². The number of benzene rings is 8. The van der Waals surface area contributed by atoms with Crippen LogP contribution in [0.2, 0.25) is 0 Å². The van der Waals surface area contributed by atoms with Crippen LogP contribution in [0.15, 0.2) is 209 Å². The molecule has 2 aromatic heterocycles. The van der Waals surface area contributed by atoms with Gasteiger partial charge in [-0.25, -0.2) is 0 Å². The van der Waals surface area contributed by atoms with Crippen molar-refractivity contribution >= 4 is 50.0 Å². The first-order chi connectivity index (χ1) is 26.2. The van der Waals surface area contributed by atoms with E-state index in [1.165, 1.54) is 22.3 Å². The molecule has 0 N–H and O–H groups in total. The van der Waals surface area contributed by atoms with Crippen molar-refractivity contribution in [2.45, 2.75) is 0 Å². The lowest BCUT2D eigenvalue weighted by Crippen LogP contribution is -2.09. The number of fused-ring (bicyclic) bond motifs is 4. The van der Waals surface area contributed by atoms with Crippen LogP contribution in [0.3, 0.4) is 0 Å². The minimum Gasteiger partial charge on any atom is -0.456 e. The molecule has 0 saturated heterocycles. The van der Waals surface area contributed by atoms with E-state index >= 15 is 0 Å². The summed E-state index contributed by atoms with van der Waals surface area (Å²) in [6.45, 7) is 0. The summed E-state index contributed by atoms with van der Waals surface area (Å²) >= 11 is 0. The van der Waals surface area contributed by atoms with Crippen molar-refractivity contribution in [3.63, 3.8) is 0 Å². The Labute approximate surface area is 307 Å². The quantitative estimate of drug-likeness (QED) is 0.168. The molecule has 0 unspecified atom stereocenters. The summed E-state index contributed by atoms with van der Waals surface area (Å²) in [5.41, 5.74) is 13.9. The minimum atomic E-state index is 0.857. The standard InChI is InChI=1S/C50H33NO2/c1-2-9-34(10-3-1)35-17-19-36(20-18-35)37-21-27-41(28-22-37)51(43-31-25-39(26-32-43)49-33-40-11-4-6-15-47(40)52-49)42-29-23-38(24-30-42)44-13-8-14-46-45-12-5-7-16-48(45)53-50(44)46/h1-33H. The fraction of sp³-hybridized carbons (Fsp3) is 0. The number of anilines is 3. The lowest BCUT2D eigenvalue weighted by Gasteiger charge is -2.26. The second kappa shape index (κ2) is 12.9. The predicted molar refractivity (Wildman–Crippen MR) is 220 cm³/mol. The highest BCUT2D eigenvalue weighted by Crippen LogP contribution is 2.40. The molecule has 0 aliphatic heterocycles. The van der Waals surface area contributed by atoms with Crippen molar-refractivity contribution in [3.8, 4) is 44.7 Å². The lowest BCUT2D eigenvalue weighted by molar-refractivity contribution is 0.631. The van der Waals surface area contributed by atoms with Crippen LogP contribution in [-0.2, 0) is 0 Å². The third-order valence-electron chi connectivity index (χ3n) is 10.1. The molecular formula is C50H33NO2. The number of rotatable bonds is 7. The van der Waals surface area contributed by atoms with Gasteiger partial charge < -0.3 is 13.7 Å². The maximum Gasteiger partial charge on any atom is 0.143 e. The fourth-order valence-electron chi connectivity index (χ4n) is 7.40. The van der Waals surface area contributed by atoms with E-state index in [0.717, 1.165) is 72.4 Å². The molecule has 53 heavy (non-hydrogen) atoms. The monoisotopic (exact) mass is 679 g/mol. The molecule has 0 atom stereocenters. The first-order valence-electron chi connectivity index (χ1n) is 17.9. The second-order valence-electron chi connectivity index (χ2n) is 13.3. The van der Waals surface area contributed by atoms with Gasteiger partial charge in [0.15, 0.2) is 0 Å². The van der Waals surface area contributed by atoms with Gasteiger partial charge in [-0.1, -0.05) is 133 Å². The van der Waals surface area contributed by atoms with Gasteiger partial charge in [0.05, 0.1) is 0 Å². The van der Waals surface area contributed by atoms with Crippen LogP contribution in [0, 0.1) is 0 Å². The van der Waals surface area contributed by atoms with Gasteiger partial charge >= 0.3 is 0 Å². The zero-order valence-electron chi connectivity index (χ0n) is 28.8. The smallest absolute Gasteiger partial charge is 0.143 e. The third kappa shape index (κ3) is 5.65. The molecule has 250 valence electrons.